The van der Waals surface area contributed by atoms with Gasteiger partial charge in [0, 0.05) is 12.7 Å². The molecule has 2 heterocycles. The van der Waals surface area contributed by atoms with Gasteiger partial charge in [0.2, 0.25) is 5.95 Å². The van der Waals surface area contributed by atoms with Crippen molar-refractivity contribution in [3.05, 3.63) is 18.3 Å². The summed E-state index contributed by atoms with van der Waals surface area (Å²) >= 11 is 0. The highest BCUT2D eigenvalue weighted by atomic mass is 19.1. The first-order valence-electron chi connectivity index (χ1n) is 4.45. The number of hydrogen-bond donors (Lipinski definition) is 1. The molecule has 0 amide bonds. The highest BCUT2D eigenvalue weighted by Crippen LogP contribution is 2.14. The number of hydrogen-bond acceptors (Lipinski definition) is 3. The summed E-state index contributed by atoms with van der Waals surface area (Å²) in [5.74, 6) is 0.396. The van der Waals surface area contributed by atoms with E-state index < -0.39 is 0 Å². The molecule has 2 aromatic heterocycles. The van der Waals surface area contributed by atoms with Crippen molar-refractivity contribution in [2.45, 2.75) is 13.0 Å². The highest BCUT2D eigenvalue weighted by molar-refractivity contribution is 5.73. The van der Waals surface area contributed by atoms with Crippen LogP contribution in [0.4, 0.5) is 10.3 Å². The summed E-state index contributed by atoms with van der Waals surface area (Å²) in [7, 11) is 0. The third kappa shape index (κ3) is 1.41. The maximum absolute atomic E-state index is 12.0. The van der Waals surface area contributed by atoms with Crippen LogP contribution in [-0.2, 0) is 6.54 Å². The molecule has 0 bridgehead atoms. The number of anilines is 1. The van der Waals surface area contributed by atoms with E-state index in [0.717, 1.165) is 11.2 Å². The lowest BCUT2D eigenvalue weighted by Gasteiger charge is -2.02. The number of nitrogens with zero attached hydrogens (tertiary/aromatic N) is 3. The number of rotatable bonds is 3. The van der Waals surface area contributed by atoms with E-state index in [-0.39, 0.29) is 6.67 Å². The Morgan fingerprint density at radius 2 is 2.36 bits per heavy atom. The summed E-state index contributed by atoms with van der Waals surface area (Å²) in [6.45, 7) is 0.168. The largest absolute Gasteiger partial charge is 0.369 e. The standard InChI is InChI=1S/C9H11FN4/c10-4-2-6-14-8-7(13-9(14)11)3-1-5-12-8/h1,3,5H,2,4,6H2,(H2,11,13). The molecule has 0 saturated heterocycles. The molecule has 0 radical (unpaired) electrons. The molecule has 14 heavy (non-hydrogen) atoms. The molecule has 0 unspecified atom stereocenters. The van der Waals surface area contributed by atoms with Crippen molar-refractivity contribution in [3.8, 4) is 0 Å². The van der Waals surface area contributed by atoms with Crippen molar-refractivity contribution in [1.82, 2.24) is 14.5 Å². The summed E-state index contributed by atoms with van der Waals surface area (Å²) in [5, 5.41) is 0. The van der Waals surface area contributed by atoms with Crippen LogP contribution in [0.25, 0.3) is 11.2 Å². The van der Waals surface area contributed by atoms with E-state index in [4.69, 9.17) is 5.73 Å². The summed E-state index contributed by atoms with van der Waals surface area (Å²) in [4.78, 5) is 8.27. The van der Waals surface area contributed by atoms with E-state index in [9.17, 15) is 4.39 Å². The van der Waals surface area contributed by atoms with Crippen molar-refractivity contribution >= 4 is 17.1 Å². The number of imidazole rings is 1. The molecule has 0 atom stereocenters. The smallest absolute Gasteiger partial charge is 0.202 e. The van der Waals surface area contributed by atoms with E-state index in [2.05, 4.69) is 9.97 Å². The number of halogens is 1. The van der Waals surface area contributed by atoms with Gasteiger partial charge in [0.15, 0.2) is 5.65 Å². The van der Waals surface area contributed by atoms with E-state index in [1.165, 1.54) is 0 Å². The van der Waals surface area contributed by atoms with Gasteiger partial charge in [-0.15, -0.1) is 0 Å². The van der Waals surface area contributed by atoms with Gasteiger partial charge >= 0.3 is 0 Å². The van der Waals surface area contributed by atoms with Gasteiger partial charge in [-0.05, 0) is 18.6 Å². The summed E-state index contributed by atoms with van der Waals surface area (Å²) in [5.41, 5.74) is 7.16. The number of nitrogen functional groups attached to an aromatic ring is 1. The molecule has 0 aliphatic heterocycles. The van der Waals surface area contributed by atoms with Gasteiger partial charge in [-0.3, -0.25) is 8.96 Å². The molecule has 0 aliphatic carbocycles. The van der Waals surface area contributed by atoms with Crippen LogP contribution in [0.2, 0.25) is 0 Å². The molecular formula is C9H11FN4. The topological polar surface area (TPSA) is 56.7 Å². The van der Waals surface area contributed by atoms with E-state index in [1.54, 1.807) is 16.8 Å². The predicted molar refractivity (Wildman–Crippen MR) is 52.5 cm³/mol. The lowest BCUT2D eigenvalue weighted by molar-refractivity contribution is 0.450. The van der Waals surface area contributed by atoms with Crippen molar-refractivity contribution in [2.75, 3.05) is 12.4 Å². The van der Waals surface area contributed by atoms with Gasteiger partial charge in [-0.2, -0.15) is 0 Å². The number of aromatic nitrogens is 3. The zero-order valence-electron chi connectivity index (χ0n) is 7.65. The lowest BCUT2D eigenvalue weighted by Crippen LogP contribution is -2.04. The first-order valence-corrected chi connectivity index (χ1v) is 4.45. The maximum atomic E-state index is 12.0. The maximum Gasteiger partial charge on any atom is 0.202 e. The Morgan fingerprint density at radius 1 is 1.50 bits per heavy atom. The molecule has 0 aromatic carbocycles. The van der Waals surface area contributed by atoms with Crippen LogP contribution >= 0.6 is 0 Å². The molecule has 0 aliphatic rings. The first-order chi connectivity index (χ1) is 6.83. The van der Waals surface area contributed by atoms with Crippen LogP contribution in [-0.4, -0.2) is 21.2 Å². The quantitative estimate of drug-likeness (QED) is 0.802. The molecule has 4 nitrogen and oxygen atoms in total. The lowest BCUT2D eigenvalue weighted by atomic mass is 10.4. The number of aryl methyl sites for hydroxylation is 1. The number of nitrogens with two attached hydrogens (primary N) is 1. The first kappa shape index (κ1) is 8.93. The molecular weight excluding hydrogens is 183 g/mol. The van der Waals surface area contributed by atoms with E-state index in [0.29, 0.717) is 18.9 Å². The molecule has 0 spiro atoms. The fraction of sp³-hybridized carbons (Fsp3) is 0.333. The number of alkyl halides is 1. The molecule has 5 heteroatoms. The minimum absolute atomic E-state index is 0.355. The molecule has 2 rings (SSSR count). The minimum atomic E-state index is -0.355. The van der Waals surface area contributed by atoms with Crippen molar-refractivity contribution in [3.63, 3.8) is 0 Å². The van der Waals surface area contributed by atoms with Crippen LogP contribution in [0.5, 0.6) is 0 Å². The third-order valence-corrected chi connectivity index (χ3v) is 2.05. The van der Waals surface area contributed by atoms with Gasteiger partial charge < -0.3 is 5.73 Å². The molecule has 74 valence electrons. The Morgan fingerprint density at radius 3 is 3.14 bits per heavy atom. The molecule has 0 fully saturated rings. The van der Waals surface area contributed by atoms with Crippen molar-refractivity contribution in [1.29, 1.82) is 0 Å². The number of pyridine rings is 1. The van der Waals surface area contributed by atoms with Gasteiger partial charge in [0.1, 0.15) is 5.52 Å². The average Bonchev–Trinajstić information content (AvgIpc) is 2.51. The van der Waals surface area contributed by atoms with Gasteiger partial charge in [0.25, 0.3) is 0 Å². The fourth-order valence-electron chi connectivity index (χ4n) is 1.41. The van der Waals surface area contributed by atoms with Crippen LogP contribution in [0, 0.1) is 0 Å². The Kier molecular flexibility index (Phi) is 2.30. The second-order valence-electron chi connectivity index (χ2n) is 3.01. The number of fused-ring (bicyclic) bond motifs is 1. The Bertz CT molecular complexity index is 437. The monoisotopic (exact) mass is 194 g/mol. The van der Waals surface area contributed by atoms with Crippen LogP contribution in [0.15, 0.2) is 18.3 Å². The third-order valence-electron chi connectivity index (χ3n) is 2.05. The summed E-state index contributed by atoms with van der Waals surface area (Å²) < 4.78 is 13.8. The molecule has 2 N–H and O–H groups in total. The molecule has 0 saturated carbocycles. The Balaban J connectivity index is 2.45. The van der Waals surface area contributed by atoms with Gasteiger partial charge in [-0.1, -0.05) is 0 Å². The highest BCUT2D eigenvalue weighted by Gasteiger charge is 2.07. The SMILES string of the molecule is Nc1nc2cccnc2n1CCCF. The fourth-order valence-corrected chi connectivity index (χ4v) is 1.41. The normalized spacial score (nSPS) is 10.9. The average molecular weight is 194 g/mol. The van der Waals surface area contributed by atoms with Crippen molar-refractivity contribution < 1.29 is 4.39 Å². The zero-order valence-corrected chi connectivity index (χ0v) is 7.65. The second kappa shape index (κ2) is 3.61. The van der Waals surface area contributed by atoms with Gasteiger partial charge in [-0.25, -0.2) is 9.97 Å². The Hall–Kier alpha value is -1.65. The predicted octanol–water partition coefficient (Wildman–Crippen LogP) is 1.37. The second-order valence-corrected chi connectivity index (χ2v) is 3.01. The van der Waals surface area contributed by atoms with Crippen LogP contribution in [0.3, 0.4) is 0 Å². The van der Waals surface area contributed by atoms with Crippen LogP contribution < -0.4 is 5.73 Å². The van der Waals surface area contributed by atoms with E-state index in [1.807, 2.05) is 6.07 Å². The Labute approximate surface area is 80.6 Å². The van der Waals surface area contributed by atoms with E-state index >= 15 is 0 Å². The summed E-state index contributed by atoms with van der Waals surface area (Å²) in [6, 6.07) is 3.64. The van der Waals surface area contributed by atoms with Gasteiger partial charge in [0.05, 0.1) is 6.67 Å². The van der Waals surface area contributed by atoms with Crippen molar-refractivity contribution in [2.24, 2.45) is 0 Å². The van der Waals surface area contributed by atoms with Crippen LogP contribution in [0.1, 0.15) is 6.42 Å². The molecule has 2 aromatic rings. The zero-order chi connectivity index (χ0) is 9.97. The summed E-state index contributed by atoms with van der Waals surface area (Å²) in [6.07, 6.45) is 2.11. The minimum Gasteiger partial charge on any atom is -0.369 e.